The van der Waals surface area contributed by atoms with Crippen molar-refractivity contribution in [2.24, 2.45) is 0 Å². The molecule has 2 aliphatic rings. The van der Waals surface area contributed by atoms with E-state index < -0.39 is 10.0 Å². The van der Waals surface area contributed by atoms with Crippen LogP contribution in [0.1, 0.15) is 36.0 Å². The molecular formula is C18H27N3O4S. The zero-order valence-electron chi connectivity index (χ0n) is 15.7. The van der Waals surface area contributed by atoms with Gasteiger partial charge in [0.05, 0.1) is 7.11 Å². The summed E-state index contributed by atoms with van der Waals surface area (Å²) < 4.78 is 31.4. The number of ether oxygens (including phenoxy) is 1. The molecule has 3 rings (SSSR count). The standard InChI is InChI=1S/C18H27N3O4S/c1-20(2)26(23,24)17-9-12(5-8-16(17)25-4)18(22)21(3)15-10-13-6-7-14(11-15)19-13/h5,8-9,13-15,19H,6-7,10-11H2,1-4H3. The summed E-state index contributed by atoms with van der Waals surface area (Å²) in [6, 6.07) is 5.73. The zero-order valence-corrected chi connectivity index (χ0v) is 16.5. The number of benzene rings is 1. The molecule has 0 aliphatic carbocycles. The van der Waals surface area contributed by atoms with Crippen LogP contribution in [0, 0.1) is 0 Å². The van der Waals surface area contributed by atoms with Gasteiger partial charge in [-0.05, 0) is 43.9 Å². The Morgan fingerprint density at radius 2 is 1.77 bits per heavy atom. The first-order chi connectivity index (χ1) is 12.2. The lowest BCUT2D eigenvalue weighted by Gasteiger charge is -2.35. The van der Waals surface area contributed by atoms with Crippen LogP contribution >= 0.6 is 0 Å². The van der Waals surface area contributed by atoms with Crippen molar-refractivity contribution in [1.29, 1.82) is 0 Å². The summed E-state index contributed by atoms with van der Waals surface area (Å²) in [4.78, 5) is 14.8. The molecule has 2 saturated heterocycles. The maximum absolute atomic E-state index is 13.0. The second-order valence-electron chi connectivity index (χ2n) is 7.33. The topological polar surface area (TPSA) is 79.0 Å². The van der Waals surface area contributed by atoms with Gasteiger partial charge in [-0.1, -0.05) is 0 Å². The SMILES string of the molecule is COc1ccc(C(=O)N(C)C2CC3CCC(C2)N3)cc1S(=O)(=O)N(C)C. The third-order valence-corrected chi connectivity index (χ3v) is 7.32. The number of amides is 1. The minimum Gasteiger partial charge on any atom is -0.495 e. The molecule has 0 aromatic heterocycles. The highest BCUT2D eigenvalue weighted by Gasteiger charge is 2.36. The van der Waals surface area contributed by atoms with E-state index >= 15 is 0 Å². The molecule has 2 unspecified atom stereocenters. The monoisotopic (exact) mass is 381 g/mol. The quantitative estimate of drug-likeness (QED) is 0.832. The van der Waals surface area contributed by atoms with E-state index in [-0.39, 0.29) is 22.6 Å². The Morgan fingerprint density at radius 1 is 1.15 bits per heavy atom. The highest BCUT2D eigenvalue weighted by Crippen LogP contribution is 2.31. The minimum absolute atomic E-state index is 0.00892. The van der Waals surface area contributed by atoms with E-state index in [1.54, 1.807) is 17.0 Å². The largest absolute Gasteiger partial charge is 0.495 e. The van der Waals surface area contributed by atoms with E-state index in [1.807, 2.05) is 7.05 Å². The Hall–Kier alpha value is -1.64. The molecule has 1 aromatic rings. The number of methoxy groups -OCH3 is 1. The molecule has 0 saturated carbocycles. The van der Waals surface area contributed by atoms with Crippen LogP contribution in [0.5, 0.6) is 5.75 Å². The summed E-state index contributed by atoms with van der Waals surface area (Å²) in [5.74, 6) is 0.0759. The van der Waals surface area contributed by atoms with Crippen LogP contribution in [-0.2, 0) is 10.0 Å². The normalized spacial score (nSPS) is 25.3. The lowest BCUT2D eigenvalue weighted by molar-refractivity contribution is 0.0681. The van der Waals surface area contributed by atoms with Crippen molar-refractivity contribution < 1.29 is 17.9 Å². The van der Waals surface area contributed by atoms with Crippen LogP contribution in [0.2, 0.25) is 0 Å². The highest BCUT2D eigenvalue weighted by atomic mass is 32.2. The molecule has 2 aliphatic heterocycles. The molecule has 2 fully saturated rings. The molecule has 8 heteroatoms. The second-order valence-corrected chi connectivity index (χ2v) is 9.45. The minimum atomic E-state index is -3.71. The smallest absolute Gasteiger partial charge is 0.253 e. The zero-order chi connectivity index (χ0) is 19.1. The van der Waals surface area contributed by atoms with Crippen LogP contribution < -0.4 is 10.1 Å². The number of hydrogen-bond donors (Lipinski definition) is 1. The Labute approximate surface area is 155 Å². The van der Waals surface area contributed by atoms with Crippen LogP contribution in [0.4, 0.5) is 0 Å². The molecule has 1 amide bonds. The average Bonchev–Trinajstić information content (AvgIpc) is 2.97. The Bertz CT molecular complexity index is 782. The molecular weight excluding hydrogens is 354 g/mol. The van der Waals surface area contributed by atoms with Gasteiger partial charge in [0, 0.05) is 44.8 Å². The highest BCUT2D eigenvalue weighted by molar-refractivity contribution is 7.89. The van der Waals surface area contributed by atoms with Crippen molar-refractivity contribution in [2.45, 2.75) is 48.7 Å². The average molecular weight is 381 g/mol. The molecule has 1 N–H and O–H groups in total. The molecule has 2 bridgehead atoms. The van der Waals surface area contributed by atoms with E-state index in [2.05, 4.69) is 5.32 Å². The summed E-state index contributed by atoms with van der Waals surface area (Å²) in [6.07, 6.45) is 4.21. The van der Waals surface area contributed by atoms with Gasteiger partial charge >= 0.3 is 0 Å². The van der Waals surface area contributed by atoms with E-state index in [0.29, 0.717) is 17.6 Å². The predicted octanol–water partition coefficient (Wildman–Crippen LogP) is 1.30. The third-order valence-electron chi connectivity index (χ3n) is 5.49. The number of fused-ring (bicyclic) bond motifs is 2. The van der Waals surface area contributed by atoms with Crippen LogP contribution in [-0.4, -0.2) is 69.9 Å². The Kier molecular flexibility index (Phi) is 5.28. The molecule has 7 nitrogen and oxygen atoms in total. The maximum atomic E-state index is 13.0. The predicted molar refractivity (Wildman–Crippen MR) is 98.9 cm³/mol. The van der Waals surface area contributed by atoms with Gasteiger partial charge in [0.25, 0.3) is 5.91 Å². The van der Waals surface area contributed by atoms with Gasteiger partial charge in [0.1, 0.15) is 10.6 Å². The van der Waals surface area contributed by atoms with Gasteiger partial charge in [-0.3, -0.25) is 4.79 Å². The van der Waals surface area contributed by atoms with Crippen LogP contribution in [0.3, 0.4) is 0 Å². The molecule has 144 valence electrons. The lowest BCUT2D eigenvalue weighted by Crippen LogP contribution is -2.48. The Morgan fingerprint density at radius 3 is 2.31 bits per heavy atom. The fourth-order valence-electron chi connectivity index (χ4n) is 3.92. The number of nitrogens with zero attached hydrogens (tertiary/aromatic N) is 2. The first-order valence-electron chi connectivity index (χ1n) is 8.87. The van der Waals surface area contributed by atoms with Crippen LogP contribution in [0.25, 0.3) is 0 Å². The molecule has 0 radical (unpaired) electrons. The van der Waals surface area contributed by atoms with Gasteiger partial charge in [-0.2, -0.15) is 0 Å². The van der Waals surface area contributed by atoms with Gasteiger partial charge in [0.15, 0.2) is 0 Å². The van der Waals surface area contributed by atoms with Gasteiger partial charge < -0.3 is 15.0 Å². The summed E-state index contributed by atoms with van der Waals surface area (Å²) in [7, 11) is 2.44. The van der Waals surface area contributed by atoms with E-state index in [9.17, 15) is 13.2 Å². The summed E-state index contributed by atoms with van der Waals surface area (Å²) in [5, 5.41) is 3.57. The number of rotatable bonds is 5. The number of carbonyl (C=O) groups is 1. The number of piperidine rings is 1. The maximum Gasteiger partial charge on any atom is 0.253 e. The molecule has 26 heavy (non-hydrogen) atoms. The van der Waals surface area contributed by atoms with Crippen molar-refractivity contribution in [3.8, 4) is 5.75 Å². The lowest BCUT2D eigenvalue weighted by atomic mass is 9.98. The van der Waals surface area contributed by atoms with Crippen molar-refractivity contribution in [1.82, 2.24) is 14.5 Å². The number of hydrogen-bond acceptors (Lipinski definition) is 5. The van der Waals surface area contributed by atoms with Gasteiger partial charge in [-0.25, -0.2) is 12.7 Å². The van der Waals surface area contributed by atoms with Crippen molar-refractivity contribution in [3.63, 3.8) is 0 Å². The van der Waals surface area contributed by atoms with Gasteiger partial charge in [-0.15, -0.1) is 0 Å². The summed E-state index contributed by atoms with van der Waals surface area (Å²) >= 11 is 0. The van der Waals surface area contributed by atoms with E-state index in [0.717, 1.165) is 30.0 Å². The second kappa shape index (κ2) is 7.17. The van der Waals surface area contributed by atoms with Crippen molar-refractivity contribution >= 4 is 15.9 Å². The van der Waals surface area contributed by atoms with E-state index in [4.69, 9.17) is 4.74 Å². The Balaban J connectivity index is 1.87. The van der Waals surface area contributed by atoms with Crippen molar-refractivity contribution in [3.05, 3.63) is 23.8 Å². The van der Waals surface area contributed by atoms with Crippen LogP contribution in [0.15, 0.2) is 23.1 Å². The fraction of sp³-hybridized carbons (Fsp3) is 0.611. The number of sulfonamides is 1. The first-order valence-corrected chi connectivity index (χ1v) is 10.3. The van der Waals surface area contributed by atoms with Crippen molar-refractivity contribution in [2.75, 3.05) is 28.3 Å². The number of carbonyl (C=O) groups excluding carboxylic acids is 1. The molecule has 2 atom stereocenters. The molecule has 1 aromatic carbocycles. The third kappa shape index (κ3) is 3.45. The first kappa shape index (κ1) is 19.1. The summed E-state index contributed by atoms with van der Waals surface area (Å²) in [5.41, 5.74) is 0.361. The fourth-order valence-corrected chi connectivity index (χ4v) is 5.00. The number of nitrogens with one attached hydrogen (secondary N) is 1. The van der Waals surface area contributed by atoms with E-state index in [1.165, 1.54) is 27.3 Å². The molecule has 2 heterocycles. The molecule has 0 spiro atoms. The summed E-state index contributed by atoms with van der Waals surface area (Å²) in [6.45, 7) is 0. The van der Waals surface area contributed by atoms with Gasteiger partial charge in [0.2, 0.25) is 10.0 Å².